The van der Waals surface area contributed by atoms with Crippen molar-refractivity contribution in [3.05, 3.63) is 0 Å². The summed E-state index contributed by atoms with van der Waals surface area (Å²) in [6, 6.07) is 0. The van der Waals surface area contributed by atoms with E-state index in [4.69, 9.17) is 5.73 Å². The second-order valence-corrected chi connectivity index (χ2v) is 7.92. The van der Waals surface area contributed by atoms with Gasteiger partial charge in [-0.05, 0) is 18.8 Å². The van der Waals surface area contributed by atoms with Gasteiger partial charge in [-0.1, -0.05) is 65.2 Å². The molecule has 4 N–H and O–H groups in total. The van der Waals surface area contributed by atoms with Gasteiger partial charge in [-0.2, -0.15) is 0 Å². The van der Waals surface area contributed by atoms with Crippen molar-refractivity contribution in [1.29, 1.82) is 0 Å². The van der Waals surface area contributed by atoms with E-state index in [1.165, 1.54) is 38.5 Å². The van der Waals surface area contributed by atoms with E-state index in [9.17, 15) is 24.0 Å². The van der Waals surface area contributed by atoms with Gasteiger partial charge in [0.25, 0.3) is 5.91 Å². The molecule has 3 rings (SSSR count). The van der Waals surface area contributed by atoms with Crippen LogP contribution in [0.5, 0.6) is 0 Å². The SMILES string of the molecule is CC.CNC(=O)C1CCCCC1.NC(=O)C(=O)CC1CCCCC1.O=C1CCC(=O)N1.[HH].[HH]. The number of imide groups is 1. The lowest BCUT2D eigenvalue weighted by Gasteiger charge is -2.19. The number of nitrogens with two attached hydrogens (primary N) is 1. The lowest BCUT2D eigenvalue weighted by molar-refractivity contribution is -0.136. The third-order valence-electron chi connectivity index (χ3n) is 5.55. The molecule has 4 amide bonds. The quantitative estimate of drug-likeness (QED) is 0.452. The molecule has 1 saturated heterocycles. The van der Waals surface area contributed by atoms with Crippen LogP contribution >= 0.6 is 0 Å². The van der Waals surface area contributed by atoms with E-state index in [0.29, 0.717) is 31.1 Å². The maximum atomic E-state index is 11.1. The zero-order valence-corrected chi connectivity index (χ0v) is 19.5. The predicted octanol–water partition coefficient (Wildman–Crippen LogP) is 3.27. The van der Waals surface area contributed by atoms with Crippen LogP contribution in [0.25, 0.3) is 0 Å². The van der Waals surface area contributed by atoms with E-state index >= 15 is 0 Å². The van der Waals surface area contributed by atoms with Gasteiger partial charge in [0.2, 0.25) is 23.5 Å². The molecule has 3 fully saturated rings. The molecule has 0 aromatic rings. The molecule has 0 spiro atoms. The lowest BCUT2D eigenvalue weighted by Crippen LogP contribution is -2.28. The number of ketones is 1. The van der Waals surface area contributed by atoms with Crippen molar-refractivity contribution in [3.8, 4) is 0 Å². The summed E-state index contributed by atoms with van der Waals surface area (Å²) >= 11 is 0. The first-order valence-corrected chi connectivity index (χ1v) is 11.7. The highest BCUT2D eigenvalue weighted by Gasteiger charge is 2.20. The summed E-state index contributed by atoms with van der Waals surface area (Å²) < 4.78 is 0. The smallest absolute Gasteiger partial charge is 0.284 e. The standard InChI is InChI=1S/C9H15NO2.C8H15NO.C4H5NO2.C2H6.2H2/c10-9(12)8(11)6-7-4-2-1-3-5-7;1-9-8(10)7-5-3-2-4-6-7;6-3-1-2-4(7)5-3;1-2;;/h7H,1-6H2,(H2,10,12);7H,2-6H2,1H3,(H,9,10);1-2H2,(H,5,6,7);1-2H3;2*1H. The second kappa shape index (κ2) is 17.4. The Labute approximate surface area is 189 Å². The molecule has 31 heavy (non-hydrogen) atoms. The van der Waals surface area contributed by atoms with Crippen LogP contribution in [0.3, 0.4) is 0 Å². The van der Waals surface area contributed by atoms with Crippen molar-refractivity contribution in [1.82, 2.24) is 10.6 Å². The van der Waals surface area contributed by atoms with Gasteiger partial charge in [0.1, 0.15) is 0 Å². The van der Waals surface area contributed by atoms with Gasteiger partial charge in [0, 0.05) is 35.1 Å². The van der Waals surface area contributed by atoms with Crippen LogP contribution in [-0.4, -0.2) is 36.5 Å². The zero-order valence-electron chi connectivity index (χ0n) is 19.5. The van der Waals surface area contributed by atoms with Gasteiger partial charge in [-0.25, -0.2) is 0 Å². The summed E-state index contributed by atoms with van der Waals surface area (Å²) in [5, 5.41) is 4.83. The molecule has 182 valence electrons. The maximum absolute atomic E-state index is 11.1. The fourth-order valence-corrected chi connectivity index (χ4v) is 3.83. The number of carbonyl (C=O) groups excluding carboxylic acids is 5. The number of rotatable bonds is 4. The second-order valence-electron chi connectivity index (χ2n) is 7.92. The minimum atomic E-state index is -0.777. The van der Waals surface area contributed by atoms with Crippen LogP contribution in [0.15, 0.2) is 0 Å². The Balaban J connectivity index is -0.000000392. The number of hydrogen-bond acceptors (Lipinski definition) is 5. The molecule has 3 aliphatic rings. The van der Waals surface area contributed by atoms with Crippen LogP contribution in [0.1, 0.15) is 100 Å². The first-order chi connectivity index (χ1) is 14.8. The van der Waals surface area contributed by atoms with Crippen molar-refractivity contribution in [2.45, 2.75) is 97.3 Å². The molecular formula is C23H45N3O5. The first kappa shape index (κ1) is 28.8. The lowest BCUT2D eigenvalue weighted by atomic mass is 9.86. The Hall–Kier alpha value is -2.25. The van der Waals surface area contributed by atoms with E-state index in [1.54, 1.807) is 7.05 Å². The number of hydrogen-bond donors (Lipinski definition) is 3. The highest BCUT2D eigenvalue weighted by atomic mass is 16.2. The minimum absolute atomic E-state index is 0. The van der Waals surface area contributed by atoms with Gasteiger partial charge >= 0.3 is 0 Å². The van der Waals surface area contributed by atoms with E-state index in [1.807, 2.05) is 13.8 Å². The number of primary amides is 1. The maximum Gasteiger partial charge on any atom is 0.284 e. The third kappa shape index (κ3) is 13.6. The fraction of sp³-hybridized carbons (Fsp3) is 0.783. The first-order valence-electron chi connectivity index (χ1n) is 11.7. The minimum Gasteiger partial charge on any atom is -0.363 e. The molecule has 0 atom stereocenters. The molecule has 2 saturated carbocycles. The third-order valence-corrected chi connectivity index (χ3v) is 5.55. The zero-order chi connectivity index (χ0) is 23.6. The summed E-state index contributed by atoms with van der Waals surface area (Å²) in [7, 11) is 1.72. The molecule has 0 unspecified atom stereocenters. The van der Waals surface area contributed by atoms with Crippen molar-refractivity contribution >= 4 is 29.4 Å². The Morgan fingerprint density at radius 3 is 1.71 bits per heavy atom. The molecule has 8 nitrogen and oxygen atoms in total. The van der Waals surface area contributed by atoms with Crippen LogP contribution in [0, 0.1) is 11.8 Å². The fourth-order valence-electron chi connectivity index (χ4n) is 3.83. The average molecular weight is 444 g/mol. The molecule has 0 aromatic heterocycles. The molecule has 0 bridgehead atoms. The molecule has 1 heterocycles. The van der Waals surface area contributed by atoms with Crippen molar-refractivity contribution in [2.75, 3.05) is 7.05 Å². The summed E-state index contributed by atoms with van der Waals surface area (Å²) in [5.74, 6) is -0.505. The molecule has 8 heteroatoms. The molecule has 0 radical (unpaired) electrons. The van der Waals surface area contributed by atoms with Gasteiger partial charge in [0.05, 0.1) is 0 Å². The molecule has 2 aliphatic carbocycles. The van der Waals surface area contributed by atoms with Crippen LogP contribution in [0.4, 0.5) is 0 Å². The van der Waals surface area contributed by atoms with Gasteiger partial charge < -0.3 is 11.1 Å². The normalized spacial score (nSPS) is 18.7. The monoisotopic (exact) mass is 443 g/mol. The molecule has 0 aromatic carbocycles. The van der Waals surface area contributed by atoms with Crippen LogP contribution < -0.4 is 16.4 Å². The van der Waals surface area contributed by atoms with Crippen molar-refractivity contribution in [3.63, 3.8) is 0 Å². The topological polar surface area (TPSA) is 135 Å². The number of Topliss-reactive ketones (excluding diaryl/α,β-unsaturated/α-hetero) is 1. The van der Waals surface area contributed by atoms with Crippen molar-refractivity contribution in [2.24, 2.45) is 17.6 Å². The number of amides is 4. The highest BCUT2D eigenvalue weighted by molar-refractivity contribution is 6.35. The van der Waals surface area contributed by atoms with E-state index in [-0.39, 0.29) is 20.6 Å². The van der Waals surface area contributed by atoms with Gasteiger partial charge in [0.15, 0.2) is 0 Å². The van der Waals surface area contributed by atoms with Gasteiger partial charge in [-0.15, -0.1) is 0 Å². The van der Waals surface area contributed by atoms with E-state index < -0.39 is 11.7 Å². The summed E-state index contributed by atoms with van der Waals surface area (Å²) in [5.41, 5.74) is 4.86. The predicted molar refractivity (Wildman–Crippen MR) is 124 cm³/mol. The Morgan fingerprint density at radius 2 is 1.35 bits per heavy atom. The van der Waals surface area contributed by atoms with Crippen molar-refractivity contribution < 1.29 is 26.8 Å². The van der Waals surface area contributed by atoms with E-state index in [0.717, 1.165) is 25.7 Å². The Bertz CT molecular complexity index is 577. The summed E-state index contributed by atoms with van der Waals surface area (Å²) in [6.07, 6.45) is 12.9. The summed E-state index contributed by atoms with van der Waals surface area (Å²) in [6.45, 7) is 4.00. The van der Waals surface area contributed by atoms with Crippen LogP contribution in [-0.2, 0) is 24.0 Å². The van der Waals surface area contributed by atoms with E-state index in [2.05, 4.69) is 10.6 Å². The Kier molecular flexibility index (Phi) is 16.2. The Morgan fingerprint density at radius 1 is 0.903 bits per heavy atom. The molecular weight excluding hydrogens is 398 g/mol. The number of carbonyl (C=O) groups is 5. The van der Waals surface area contributed by atoms with Crippen LogP contribution in [0.2, 0.25) is 0 Å². The highest BCUT2D eigenvalue weighted by Crippen LogP contribution is 2.26. The van der Waals surface area contributed by atoms with Gasteiger partial charge in [-0.3, -0.25) is 29.3 Å². The summed E-state index contributed by atoms with van der Waals surface area (Å²) in [4.78, 5) is 52.7. The largest absolute Gasteiger partial charge is 0.363 e. The molecule has 1 aliphatic heterocycles. The average Bonchev–Trinajstić information content (AvgIpc) is 3.19. The number of nitrogens with one attached hydrogen (secondary N) is 2.